The van der Waals surface area contributed by atoms with Crippen LogP contribution in [0.25, 0.3) is 0 Å². The summed E-state index contributed by atoms with van der Waals surface area (Å²) < 4.78 is 0. The van der Waals surface area contributed by atoms with Gasteiger partial charge in [-0.25, -0.2) is 0 Å². The Hall–Kier alpha value is -2.03. The smallest absolute Gasteiger partial charge is 0.227 e. The fourth-order valence-corrected chi connectivity index (χ4v) is 2.08. The predicted octanol–water partition coefficient (Wildman–Crippen LogP) is 4.30. The van der Waals surface area contributed by atoms with Crippen LogP contribution >= 0.6 is 0 Å². The molecule has 0 radical (unpaired) electrons. The molecule has 1 unspecified atom stereocenters. The van der Waals surface area contributed by atoms with Gasteiger partial charge >= 0.3 is 0 Å². The van der Waals surface area contributed by atoms with Gasteiger partial charge in [0.1, 0.15) is 5.75 Å². The first kappa shape index (κ1) is 18.0. The number of rotatable bonds is 7. The fraction of sp³-hybridized carbons (Fsp3) is 0.421. The second kappa shape index (κ2) is 9.08. The van der Waals surface area contributed by atoms with Gasteiger partial charge in [-0.3, -0.25) is 4.79 Å². The summed E-state index contributed by atoms with van der Waals surface area (Å²) in [5.41, 5.74) is 3.53. The maximum Gasteiger partial charge on any atom is 0.227 e. The molecule has 0 aliphatic rings. The van der Waals surface area contributed by atoms with Gasteiger partial charge in [-0.05, 0) is 58.2 Å². The Morgan fingerprint density at radius 3 is 2.41 bits per heavy atom. The Labute approximate surface area is 133 Å². The zero-order valence-electron chi connectivity index (χ0n) is 14.0. The lowest BCUT2D eigenvalue weighted by Gasteiger charge is -2.12. The van der Waals surface area contributed by atoms with E-state index in [1.54, 1.807) is 24.3 Å². The van der Waals surface area contributed by atoms with Crippen LogP contribution in [0.2, 0.25) is 0 Å². The van der Waals surface area contributed by atoms with Gasteiger partial charge in [0.25, 0.3) is 0 Å². The zero-order valence-corrected chi connectivity index (χ0v) is 14.0. The van der Waals surface area contributed by atoms with Crippen molar-refractivity contribution in [3.8, 4) is 5.75 Å². The second-order valence-electron chi connectivity index (χ2n) is 5.93. The van der Waals surface area contributed by atoms with Crippen LogP contribution in [-0.4, -0.2) is 17.6 Å². The van der Waals surface area contributed by atoms with Gasteiger partial charge < -0.3 is 10.4 Å². The van der Waals surface area contributed by atoms with Crippen molar-refractivity contribution in [3.63, 3.8) is 0 Å². The molecule has 0 heterocycles. The van der Waals surface area contributed by atoms with E-state index >= 15 is 0 Å². The molecule has 0 aliphatic carbocycles. The van der Waals surface area contributed by atoms with E-state index in [1.165, 1.54) is 11.1 Å². The third-order valence-electron chi connectivity index (χ3n) is 3.60. The van der Waals surface area contributed by atoms with Crippen LogP contribution in [0.15, 0.2) is 47.6 Å². The van der Waals surface area contributed by atoms with Crippen molar-refractivity contribution in [2.75, 3.05) is 6.54 Å². The fourth-order valence-electron chi connectivity index (χ4n) is 2.08. The highest BCUT2D eigenvalue weighted by Crippen LogP contribution is 2.18. The largest absolute Gasteiger partial charge is 0.508 e. The van der Waals surface area contributed by atoms with Gasteiger partial charge in [0.2, 0.25) is 5.91 Å². The molecule has 2 N–H and O–H groups in total. The second-order valence-corrected chi connectivity index (χ2v) is 5.93. The molecule has 1 amide bonds. The van der Waals surface area contributed by atoms with E-state index in [2.05, 4.69) is 38.2 Å². The molecule has 0 spiro atoms. The third kappa shape index (κ3) is 6.61. The van der Waals surface area contributed by atoms with Crippen molar-refractivity contribution >= 4 is 5.91 Å². The van der Waals surface area contributed by atoms with Gasteiger partial charge in [-0.15, -0.1) is 0 Å². The van der Waals surface area contributed by atoms with E-state index < -0.39 is 0 Å². The van der Waals surface area contributed by atoms with Gasteiger partial charge in [-0.2, -0.15) is 0 Å². The minimum absolute atomic E-state index is 0.000890. The Morgan fingerprint density at radius 2 is 1.82 bits per heavy atom. The molecule has 3 heteroatoms. The maximum absolute atomic E-state index is 12.1. The lowest BCUT2D eigenvalue weighted by molar-refractivity contribution is -0.122. The lowest BCUT2D eigenvalue weighted by Crippen LogP contribution is -2.28. The normalized spacial score (nSPS) is 12.6. The molecule has 0 aromatic heterocycles. The van der Waals surface area contributed by atoms with Crippen LogP contribution in [0.5, 0.6) is 5.75 Å². The van der Waals surface area contributed by atoms with Crippen molar-refractivity contribution < 1.29 is 9.90 Å². The molecule has 0 bridgehead atoms. The van der Waals surface area contributed by atoms with Gasteiger partial charge in [0.05, 0.1) is 5.92 Å². The highest BCUT2D eigenvalue weighted by atomic mass is 16.3. The van der Waals surface area contributed by atoms with Crippen LogP contribution in [0.3, 0.4) is 0 Å². The zero-order chi connectivity index (χ0) is 16.5. The minimum Gasteiger partial charge on any atom is -0.508 e. The standard InChI is InChI=1S/C19H27NO2/c1-14(2)6-5-7-15(3)12-13-20-19(22)16(4)17-8-10-18(21)11-9-17/h6,8-12,16,21H,5,7,13H2,1-4H3,(H,20,22)/b15-12+. The van der Waals surface area contributed by atoms with Crippen LogP contribution in [0.1, 0.15) is 52.0 Å². The number of hydrogen-bond acceptors (Lipinski definition) is 2. The first-order chi connectivity index (χ1) is 10.4. The minimum atomic E-state index is -0.222. The summed E-state index contributed by atoms with van der Waals surface area (Å²) in [5, 5.41) is 12.2. The van der Waals surface area contributed by atoms with Crippen molar-refractivity contribution in [1.82, 2.24) is 5.32 Å². The number of phenols is 1. The Bertz CT molecular complexity index is 537. The molecule has 0 fully saturated rings. The number of carbonyl (C=O) groups is 1. The van der Waals surface area contributed by atoms with Crippen LogP contribution < -0.4 is 5.32 Å². The summed E-state index contributed by atoms with van der Waals surface area (Å²) >= 11 is 0. The number of amides is 1. The topological polar surface area (TPSA) is 49.3 Å². The van der Waals surface area contributed by atoms with E-state index in [4.69, 9.17) is 0 Å². The molecule has 1 rings (SSSR count). The molecule has 22 heavy (non-hydrogen) atoms. The van der Waals surface area contributed by atoms with E-state index in [1.807, 2.05) is 6.92 Å². The summed E-state index contributed by atoms with van der Waals surface area (Å²) in [6.45, 7) is 8.72. The average molecular weight is 301 g/mol. The van der Waals surface area contributed by atoms with Crippen LogP contribution in [0.4, 0.5) is 0 Å². The number of hydrogen-bond donors (Lipinski definition) is 2. The van der Waals surface area contributed by atoms with Gasteiger partial charge in [-0.1, -0.05) is 35.4 Å². The van der Waals surface area contributed by atoms with Crippen molar-refractivity contribution in [2.24, 2.45) is 0 Å². The van der Waals surface area contributed by atoms with Crippen molar-refractivity contribution in [2.45, 2.75) is 46.5 Å². The van der Waals surface area contributed by atoms with Crippen LogP contribution in [0, 0.1) is 0 Å². The first-order valence-electron chi connectivity index (χ1n) is 7.75. The van der Waals surface area contributed by atoms with Gasteiger partial charge in [0.15, 0.2) is 0 Å². The van der Waals surface area contributed by atoms with E-state index in [-0.39, 0.29) is 17.6 Å². The van der Waals surface area contributed by atoms with E-state index in [0.717, 1.165) is 18.4 Å². The molecule has 3 nitrogen and oxygen atoms in total. The average Bonchev–Trinajstić information content (AvgIpc) is 2.46. The lowest BCUT2D eigenvalue weighted by atomic mass is 10.0. The molecular weight excluding hydrogens is 274 g/mol. The molecule has 0 aliphatic heterocycles. The Morgan fingerprint density at radius 1 is 1.18 bits per heavy atom. The monoisotopic (exact) mass is 301 g/mol. The summed E-state index contributed by atoms with van der Waals surface area (Å²) in [5.74, 6) is -0.00898. The maximum atomic E-state index is 12.1. The van der Waals surface area contributed by atoms with Crippen molar-refractivity contribution in [3.05, 3.63) is 53.1 Å². The third-order valence-corrected chi connectivity index (χ3v) is 3.60. The number of aromatic hydroxyl groups is 1. The molecule has 120 valence electrons. The molecule has 1 aromatic carbocycles. The summed E-state index contributed by atoms with van der Waals surface area (Å²) in [6, 6.07) is 6.76. The molecule has 0 saturated heterocycles. The molecule has 1 atom stereocenters. The van der Waals surface area contributed by atoms with E-state index in [0.29, 0.717) is 6.54 Å². The van der Waals surface area contributed by atoms with Crippen molar-refractivity contribution in [1.29, 1.82) is 0 Å². The number of allylic oxidation sites excluding steroid dienone is 3. The molecule has 0 saturated carbocycles. The summed E-state index contributed by atoms with van der Waals surface area (Å²) in [4.78, 5) is 12.1. The Kier molecular flexibility index (Phi) is 7.44. The number of benzene rings is 1. The SMILES string of the molecule is CC(C)=CCC/C(C)=C/CNC(=O)C(C)c1ccc(O)cc1. The Balaban J connectivity index is 2.41. The van der Waals surface area contributed by atoms with Crippen LogP contribution in [-0.2, 0) is 4.79 Å². The number of carbonyl (C=O) groups excluding carboxylic acids is 1. The predicted molar refractivity (Wildman–Crippen MR) is 92.0 cm³/mol. The first-order valence-corrected chi connectivity index (χ1v) is 7.75. The van der Waals surface area contributed by atoms with E-state index in [9.17, 15) is 9.90 Å². The quantitative estimate of drug-likeness (QED) is 0.737. The highest BCUT2D eigenvalue weighted by molar-refractivity contribution is 5.83. The summed E-state index contributed by atoms with van der Waals surface area (Å²) in [7, 11) is 0. The molecular formula is C19H27NO2. The summed E-state index contributed by atoms with van der Waals surface area (Å²) in [6.07, 6.45) is 6.36. The number of nitrogens with one attached hydrogen (secondary N) is 1. The molecule has 1 aromatic rings. The highest BCUT2D eigenvalue weighted by Gasteiger charge is 2.13. The van der Waals surface area contributed by atoms with Gasteiger partial charge in [0, 0.05) is 6.54 Å². The number of phenolic OH excluding ortho intramolecular Hbond substituents is 1.